The number of rotatable bonds is 9. The predicted molar refractivity (Wildman–Crippen MR) is 90.6 cm³/mol. The number of nitrogens with one attached hydrogen (secondary N) is 1. The summed E-state index contributed by atoms with van der Waals surface area (Å²) < 4.78 is 22.9. The molecule has 22 heavy (non-hydrogen) atoms. The maximum atomic E-state index is 12.4. The molecule has 6 nitrogen and oxygen atoms in total. The lowest BCUT2D eigenvalue weighted by molar-refractivity contribution is -0.116. The Morgan fingerprint density at radius 3 is 2.18 bits per heavy atom. The van der Waals surface area contributed by atoms with E-state index in [9.17, 15) is 9.36 Å². The molecule has 0 bridgehead atoms. The first kappa shape index (κ1) is 21.1. The summed E-state index contributed by atoms with van der Waals surface area (Å²) in [6, 6.07) is 7.10. The van der Waals surface area contributed by atoms with Crippen LogP contribution >= 0.6 is 20.0 Å². The van der Waals surface area contributed by atoms with E-state index in [1.807, 2.05) is 0 Å². The van der Waals surface area contributed by atoms with Crippen LogP contribution in [0.15, 0.2) is 24.3 Å². The first-order chi connectivity index (χ1) is 10.0. The van der Waals surface area contributed by atoms with Crippen LogP contribution in [0.2, 0.25) is 0 Å². The summed E-state index contributed by atoms with van der Waals surface area (Å²) in [5.41, 5.74) is 6.82. The van der Waals surface area contributed by atoms with Crippen LogP contribution < -0.4 is 11.1 Å². The third-order valence-corrected chi connectivity index (χ3v) is 4.69. The minimum atomic E-state index is -3.10. The van der Waals surface area contributed by atoms with Gasteiger partial charge in [-0.25, -0.2) is 0 Å². The van der Waals surface area contributed by atoms with Crippen LogP contribution in [0, 0.1) is 0 Å². The minimum absolute atomic E-state index is 0. The fourth-order valence-corrected chi connectivity index (χ4v) is 3.50. The van der Waals surface area contributed by atoms with Crippen molar-refractivity contribution >= 4 is 31.6 Å². The average Bonchev–Trinajstić information content (AvgIpc) is 2.41. The topological polar surface area (TPSA) is 90.7 Å². The molecule has 0 atom stereocenters. The summed E-state index contributed by atoms with van der Waals surface area (Å²) in [5.74, 6) is -0.125. The van der Waals surface area contributed by atoms with E-state index >= 15 is 0 Å². The summed E-state index contributed by atoms with van der Waals surface area (Å²) in [5, 5.41) is 2.73. The van der Waals surface area contributed by atoms with Gasteiger partial charge < -0.3 is 20.1 Å². The zero-order valence-electron chi connectivity index (χ0n) is 12.9. The van der Waals surface area contributed by atoms with E-state index in [0.29, 0.717) is 25.4 Å². The molecule has 0 aliphatic heterocycles. The monoisotopic (exact) mass is 350 g/mol. The lowest BCUT2D eigenvalue weighted by Crippen LogP contribution is -2.16. The van der Waals surface area contributed by atoms with Gasteiger partial charge in [0.2, 0.25) is 5.91 Å². The van der Waals surface area contributed by atoms with E-state index in [-0.39, 0.29) is 30.9 Å². The zero-order valence-corrected chi connectivity index (χ0v) is 14.6. The van der Waals surface area contributed by atoms with Crippen LogP contribution in [0.1, 0.15) is 25.8 Å². The molecular formula is C14H24ClN2O4P. The molecule has 0 heterocycles. The molecule has 1 amide bonds. The Bertz CT molecular complexity index is 486. The molecule has 0 saturated heterocycles. The van der Waals surface area contributed by atoms with Crippen molar-refractivity contribution < 1.29 is 18.4 Å². The predicted octanol–water partition coefficient (Wildman–Crippen LogP) is 3.16. The first-order valence-corrected chi connectivity index (χ1v) is 8.72. The molecule has 0 fully saturated rings. The zero-order chi connectivity index (χ0) is 15.7. The second-order valence-corrected chi connectivity index (χ2v) is 6.44. The maximum Gasteiger partial charge on any atom is 0.335 e. The fraction of sp³-hybridized carbons (Fsp3) is 0.500. The first-order valence-electron chi connectivity index (χ1n) is 7.00. The maximum absolute atomic E-state index is 12.4. The van der Waals surface area contributed by atoms with E-state index in [4.69, 9.17) is 14.8 Å². The molecule has 0 saturated carbocycles. The number of nitrogens with two attached hydrogens (primary N) is 1. The van der Waals surface area contributed by atoms with Gasteiger partial charge in [0.15, 0.2) is 0 Å². The SMILES string of the molecule is CCOP(=O)(Cc1ccc(NC(=O)CCN)cc1)OCC.Cl. The van der Waals surface area contributed by atoms with Crippen molar-refractivity contribution in [2.45, 2.75) is 26.4 Å². The lowest BCUT2D eigenvalue weighted by Gasteiger charge is -2.17. The largest absolute Gasteiger partial charge is 0.335 e. The number of hydrogen-bond donors (Lipinski definition) is 2. The average molecular weight is 351 g/mol. The highest BCUT2D eigenvalue weighted by atomic mass is 35.5. The van der Waals surface area contributed by atoms with Gasteiger partial charge in [0, 0.05) is 18.7 Å². The van der Waals surface area contributed by atoms with Crippen molar-refractivity contribution in [3.63, 3.8) is 0 Å². The van der Waals surface area contributed by atoms with E-state index in [1.165, 1.54) is 0 Å². The summed E-state index contributed by atoms with van der Waals surface area (Å²) in [7, 11) is -3.10. The van der Waals surface area contributed by atoms with Crippen LogP contribution in [0.5, 0.6) is 0 Å². The Hall–Kier alpha value is -0.910. The number of carbonyl (C=O) groups is 1. The fourth-order valence-electron chi connectivity index (χ4n) is 1.79. The number of anilines is 1. The van der Waals surface area contributed by atoms with Crippen molar-refractivity contribution in [1.82, 2.24) is 0 Å². The number of hydrogen-bond acceptors (Lipinski definition) is 5. The van der Waals surface area contributed by atoms with E-state index in [0.717, 1.165) is 5.56 Å². The van der Waals surface area contributed by atoms with Crippen molar-refractivity contribution in [1.29, 1.82) is 0 Å². The van der Waals surface area contributed by atoms with Gasteiger partial charge in [-0.15, -0.1) is 12.4 Å². The van der Waals surface area contributed by atoms with Gasteiger partial charge in [0.05, 0.1) is 19.4 Å². The minimum Gasteiger partial charge on any atom is -0.330 e. The smallest absolute Gasteiger partial charge is 0.330 e. The van der Waals surface area contributed by atoms with Crippen molar-refractivity contribution in [3.05, 3.63) is 29.8 Å². The Kier molecular flexibility index (Phi) is 10.3. The van der Waals surface area contributed by atoms with Crippen LogP contribution in [0.4, 0.5) is 5.69 Å². The van der Waals surface area contributed by atoms with Crippen molar-refractivity contribution in [2.24, 2.45) is 5.73 Å². The van der Waals surface area contributed by atoms with Gasteiger partial charge in [0.25, 0.3) is 0 Å². The lowest BCUT2D eigenvalue weighted by atomic mass is 10.2. The van der Waals surface area contributed by atoms with Gasteiger partial charge in [-0.05, 0) is 31.5 Å². The van der Waals surface area contributed by atoms with Gasteiger partial charge >= 0.3 is 7.60 Å². The van der Waals surface area contributed by atoms with E-state index < -0.39 is 7.60 Å². The number of carbonyl (C=O) groups excluding carboxylic acids is 1. The molecular weight excluding hydrogens is 327 g/mol. The Labute approximate surface area is 137 Å². The number of benzene rings is 1. The van der Waals surface area contributed by atoms with Crippen LogP contribution in [0.25, 0.3) is 0 Å². The Balaban J connectivity index is 0.00000441. The van der Waals surface area contributed by atoms with Crippen molar-refractivity contribution in [3.8, 4) is 0 Å². The number of halogens is 1. The molecule has 1 rings (SSSR count). The number of amides is 1. The van der Waals surface area contributed by atoms with Gasteiger partial charge in [0.1, 0.15) is 0 Å². The standard InChI is InChI=1S/C14H23N2O4P.ClH/c1-3-19-21(18,20-4-2)11-12-5-7-13(8-6-12)16-14(17)9-10-15;/h5-8H,3-4,9-11,15H2,1-2H3,(H,16,17);1H. The van der Waals surface area contributed by atoms with Crippen LogP contribution in [0.3, 0.4) is 0 Å². The quantitative estimate of drug-likeness (QED) is 0.667. The molecule has 0 aliphatic carbocycles. The summed E-state index contributed by atoms with van der Waals surface area (Å²) in [4.78, 5) is 11.4. The molecule has 8 heteroatoms. The summed E-state index contributed by atoms with van der Waals surface area (Å²) in [6.45, 7) is 4.55. The van der Waals surface area contributed by atoms with Gasteiger partial charge in [-0.1, -0.05) is 12.1 Å². The normalized spacial score (nSPS) is 10.9. The summed E-state index contributed by atoms with van der Waals surface area (Å²) in [6.07, 6.45) is 0.497. The van der Waals surface area contributed by atoms with Crippen LogP contribution in [-0.4, -0.2) is 25.7 Å². The molecule has 0 unspecified atom stereocenters. The van der Waals surface area contributed by atoms with E-state index in [2.05, 4.69) is 5.32 Å². The second-order valence-electron chi connectivity index (χ2n) is 4.39. The highest BCUT2D eigenvalue weighted by Crippen LogP contribution is 2.51. The highest BCUT2D eigenvalue weighted by molar-refractivity contribution is 7.53. The molecule has 1 aromatic rings. The Morgan fingerprint density at radius 1 is 1.18 bits per heavy atom. The molecule has 1 aromatic carbocycles. The van der Waals surface area contributed by atoms with Gasteiger partial charge in [-0.2, -0.15) is 0 Å². The highest BCUT2D eigenvalue weighted by Gasteiger charge is 2.23. The molecule has 0 spiro atoms. The molecule has 0 aliphatic rings. The van der Waals surface area contributed by atoms with Crippen LogP contribution in [-0.2, 0) is 24.6 Å². The molecule has 0 radical (unpaired) electrons. The van der Waals surface area contributed by atoms with E-state index in [1.54, 1.807) is 38.1 Å². The van der Waals surface area contributed by atoms with Crippen molar-refractivity contribution in [2.75, 3.05) is 25.1 Å². The Morgan fingerprint density at radius 2 is 1.73 bits per heavy atom. The van der Waals surface area contributed by atoms with Gasteiger partial charge in [-0.3, -0.25) is 9.36 Å². The molecule has 3 N–H and O–H groups in total. The third-order valence-electron chi connectivity index (χ3n) is 2.64. The molecule has 0 aromatic heterocycles. The third kappa shape index (κ3) is 7.38. The second kappa shape index (κ2) is 10.8. The summed E-state index contributed by atoms with van der Waals surface area (Å²) >= 11 is 0. The molecule has 126 valence electrons.